The molecule has 0 atom stereocenters. The molecule has 1 aromatic carbocycles. The molecule has 1 N–H and O–H groups in total. The van der Waals surface area contributed by atoms with Crippen LogP contribution in [0.1, 0.15) is 45.1 Å². The van der Waals surface area contributed by atoms with E-state index in [-0.39, 0.29) is 24.1 Å². The number of hydrogen-bond acceptors (Lipinski definition) is 3. The molecule has 1 aliphatic heterocycles. The fourth-order valence-corrected chi connectivity index (χ4v) is 1.76. The molecule has 0 spiro atoms. The van der Waals surface area contributed by atoms with Crippen molar-refractivity contribution in [1.82, 2.24) is 0 Å². The maximum Gasteiger partial charge on any atom is 0.185 e. The number of benzene rings is 1. The van der Waals surface area contributed by atoms with Gasteiger partial charge in [-0.25, -0.2) is 0 Å². The van der Waals surface area contributed by atoms with Crippen LogP contribution < -0.4 is 0 Å². The van der Waals surface area contributed by atoms with E-state index < -0.39 is 0 Å². The molecule has 0 unspecified atom stereocenters. The van der Waals surface area contributed by atoms with E-state index in [4.69, 9.17) is 14.6 Å². The number of hydrogen-bond donors (Lipinski definition) is 1. The average Bonchev–Trinajstić information content (AvgIpc) is 2.48. The number of aliphatic hydroxyl groups is 1. The summed E-state index contributed by atoms with van der Waals surface area (Å²) in [5, 5.41) is 9.00. The predicted molar refractivity (Wildman–Crippen MR) is 65.4 cm³/mol. The van der Waals surface area contributed by atoms with Crippen LogP contribution in [-0.2, 0) is 16.1 Å². The van der Waals surface area contributed by atoms with E-state index in [0.29, 0.717) is 0 Å². The molecule has 0 aliphatic carbocycles. The van der Waals surface area contributed by atoms with Crippen molar-refractivity contribution in [3.63, 3.8) is 0 Å². The van der Waals surface area contributed by atoms with Gasteiger partial charge in [-0.3, -0.25) is 0 Å². The van der Waals surface area contributed by atoms with E-state index >= 15 is 0 Å². The van der Waals surface area contributed by atoms with Gasteiger partial charge in [0.15, 0.2) is 6.29 Å². The zero-order chi connectivity index (χ0) is 12.7. The minimum Gasteiger partial charge on any atom is -0.392 e. The molecule has 3 heteroatoms. The standard InChI is InChI=1S/C14H20O3/c1-13(2)14(3,4)17-12(16-13)11-7-5-10(9-15)6-8-11/h5-8,12,15H,9H2,1-4H3. The van der Waals surface area contributed by atoms with Gasteiger partial charge < -0.3 is 14.6 Å². The molecule has 0 aromatic heterocycles. The van der Waals surface area contributed by atoms with E-state index in [0.717, 1.165) is 11.1 Å². The molecule has 1 aliphatic rings. The molecule has 1 heterocycles. The zero-order valence-corrected chi connectivity index (χ0v) is 10.9. The number of rotatable bonds is 2. The summed E-state index contributed by atoms with van der Waals surface area (Å²) in [6.45, 7) is 8.21. The van der Waals surface area contributed by atoms with Crippen LogP contribution in [0.3, 0.4) is 0 Å². The van der Waals surface area contributed by atoms with E-state index in [2.05, 4.69) is 0 Å². The summed E-state index contributed by atoms with van der Waals surface area (Å²) < 4.78 is 11.9. The largest absolute Gasteiger partial charge is 0.392 e. The molecule has 1 aromatic rings. The van der Waals surface area contributed by atoms with Gasteiger partial charge in [-0.2, -0.15) is 0 Å². The zero-order valence-electron chi connectivity index (χ0n) is 10.9. The van der Waals surface area contributed by atoms with Crippen molar-refractivity contribution in [2.45, 2.75) is 51.8 Å². The van der Waals surface area contributed by atoms with Crippen molar-refractivity contribution in [1.29, 1.82) is 0 Å². The van der Waals surface area contributed by atoms with Gasteiger partial charge in [0, 0.05) is 5.56 Å². The van der Waals surface area contributed by atoms with Gasteiger partial charge >= 0.3 is 0 Å². The van der Waals surface area contributed by atoms with E-state index in [9.17, 15) is 0 Å². The van der Waals surface area contributed by atoms with Gasteiger partial charge in [0.05, 0.1) is 17.8 Å². The first-order valence-corrected chi connectivity index (χ1v) is 5.91. The third-order valence-electron chi connectivity index (χ3n) is 3.69. The van der Waals surface area contributed by atoms with Crippen LogP contribution in [0.15, 0.2) is 24.3 Å². The Morgan fingerprint density at radius 3 is 1.88 bits per heavy atom. The second kappa shape index (κ2) is 4.09. The van der Waals surface area contributed by atoms with Gasteiger partial charge in [0.2, 0.25) is 0 Å². The van der Waals surface area contributed by atoms with Crippen LogP contribution in [-0.4, -0.2) is 16.3 Å². The topological polar surface area (TPSA) is 38.7 Å². The lowest BCUT2D eigenvalue weighted by molar-refractivity contribution is -0.0895. The molecule has 1 saturated heterocycles. The molecule has 0 bridgehead atoms. The lowest BCUT2D eigenvalue weighted by Gasteiger charge is -2.30. The highest BCUT2D eigenvalue weighted by Crippen LogP contribution is 2.44. The summed E-state index contributed by atoms with van der Waals surface area (Å²) in [6, 6.07) is 7.65. The summed E-state index contributed by atoms with van der Waals surface area (Å²) in [5.74, 6) is 0. The summed E-state index contributed by atoms with van der Waals surface area (Å²) in [4.78, 5) is 0. The second-order valence-corrected chi connectivity index (χ2v) is 5.49. The summed E-state index contributed by atoms with van der Waals surface area (Å²) in [6.07, 6.45) is -0.326. The minimum atomic E-state index is -0.326. The Hall–Kier alpha value is -0.900. The monoisotopic (exact) mass is 236 g/mol. The molecule has 3 nitrogen and oxygen atoms in total. The van der Waals surface area contributed by atoms with Crippen LogP contribution in [0.25, 0.3) is 0 Å². The Labute approximate surface area is 102 Å². The molecule has 0 saturated carbocycles. The average molecular weight is 236 g/mol. The third-order valence-corrected chi connectivity index (χ3v) is 3.69. The van der Waals surface area contributed by atoms with Gasteiger partial charge in [0.1, 0.15) is 0 Å². The maximum absolute atomic E-state index is 9.00. The SMILES string of the molecule is CC1(C)OC(c2ccc(CO)cc2)OC1(C)C. The highest BCUT2D eigenvalue weighted by atomic mass is 16.7. The quantitative estimate of drug-likeness (QED) is 0.858. The van der Waals surface area contributed by atoms with E-state index in [1.807, 2.05) is 52.0 Å². The van der Waals surface area contributed by atoms with Crippen LogP contribution in [0.4, 0.5) is 0 Å². The molecule has 0 radical (unpaired) electrons. The number of ether oxygens (including phenoxy) is 2. The summed E-state index contributed by atoms with van der Waals surface area (Å²) in [5.41, 5.74) is 1.26. The molecule has 2 rings (SSSR count). The third kappa shape index (κ3) is 2.23. The molecular weight excluding hydrogens is 216 g/mol. The minimum absolute atomic E-state index is 0.0592. The number of aliphatic hydroxyl groups excluding tert-OH is 1. The van der Waals surface area contributed by atoms with Gasteiger partial charge in [-0.05, 0) is 33.3 Å². The van der Waals surface area contributed by atoms with Crippen molar-refractivity contribution >= 4 is 0 Å². The maximum atomic E-state index is 9.00. The molecule has 1 fully saturated rings. The smallest absolute Gasteiger partial charge is 0.185 e. The van der Waals surface area contributed by atoms with Crippen LogP contribution in [0.2, 0.25) is 0 Å². The Bertz CT molecular complexity index is 376. The van der Waals surface area contributed by atoms with E-state index in [1.54, 1.807) is 0 Å². The Kier molecular flexibility index (Phi) is 3.02. The molecule has 94 valence electrons. The molecular formula is C14H20O3. The van der Waals surface area contributed by atoms with Crippen LogP contribution in [0, 0.1) is 0 Å². The Balaban J connectivity index is 2.20. The first kappa shape index (κ1) is 12.6. The van der Waals surface area contributed by atoms with Gasteiger partial charge in [-0.15, -0.1) is 0 Å². The molecule has 17 heavy (non-hydrogen) atoms. The normalized spacial score (nSPS) is 22.9. The Morgan fingerprint density at radius 2 is 1.47 bits per heavy atom. The fourth-order valence-electron chi connectivity index (χ4n) is 1.76. The molecule has 0 amide bonds. The lowest BCUT2D eigenvalue weighted by Crippen LogP contribution is -2.41. The first-order valence-electron chi connectivity index (χ1n) is 5.91. The van der Waals surface area contributed by atoms with Crippen molar-refractivity contribution in [2.75, 3.05) is 0 Å². The lowest BCUT2D eigenvalue weighted by atomic mass is 9.90. The highest BCUT2D eigenvalue weighted by molar-refractivity contribution is 5.23. The van der Waals surface area contributed by atoms with Crippen molar-refractivity contribution in [3.05, 3.63) is 35.4 Å². The van der Waals surface area contributed by atoms with Gasteiger partial charge in [0.25, 0.3) is 0 Å². The highest BCUT2D eigenvalue weighted by Gasteiger charge is 2.49. The first-order chi connectivity index (χ1) is 7.86. The van der Waals surface area contributed by atoms with Crippen LogP contribution in [0.5, 0.6) is 0 Å². The van der Waals surface area contributed by atoms with Crippen LogP contribution >= 0.6 is 0 Å². The fraction of sp³-hybridized carbons (Fsp3) is 0.571. The summed E-state index contributed by atoms with van der Waals surface area (Å²) >= 11 is 0. The van der Waals surface area contributed by atoms with E-state index in [1.165, 1.54) is 0 Å². The second-order valence-electron chi connectivity index (χ2n) is 5.49. The Morgan fingerprint density at radius 1 is 1.00 bits per heavy atom. The summed E-state index contributed by atoms with van der Waals surface area (Å²) in [7, 11) is 0. The van der Waals surface area contributed by atoms with Crippen molar-refractivity contribution < 1.29 is 14.6 Å². The predicted octanol–water partition coefficient (Wildman–Crippen LogP) is 2.78. The van der Waals surface area contributed by atoms with Crippen molar-refractivity contribution in [2.24, 2.45) is 0 Å². The van der Waals surface area contributed by atoms with Crippen molar-refractivity contribution in [3.8, 4) is 0 Å². The van der Waals surface area contributed by atoms with Gasteiger partial charge in [-0.1, -0.05) is 24.3 Å².